The van der Waals surface area contributed by atoms with Crippen molar-refractivity contribution in [2.75, 3.05) is 6.61 Å². The lowest BCUT2D eigenvalue weighted by atomic mass is 9.81. The highest BCUT2D eigenvalue weighted by molar-refractivity contribution is 5.87. The molecule has 2 fully saturated rings. The van der Waals surface area contributed by atoms with Crippen LogP contribution in [-0.2, 0) is 10.3 Å². The molecule has 0 unspecified atom stereocenters. The second-order valence-corrected chi connectivity index (χ2v) is 9.45. The SMILES string of the molecule is Cc1cccc([C@](O)(c2cc(-c3c(C)noc3C)cc3[nH]c(C4CC4)nc23)[C@@H]2CCCO2)n1. The second kappa shape index (κ2) is 7.50. The number of rotatable bonds is 5. The van der Waals surface area contributed by atoms with Crippen molar-refractivity contribution in [2.45, 2.75) is 64.1 Å². The number of fused-ring (bicyclic) bond motifs is 1. The van der Waals surface area contributed by atoms with E-state index in [0.717, 1.165) is 70.8 Å². The number of aromatic nitrogens is 4. The molecule has 2 atom stereocenters. The summed E-state index contributed by atoms with van der Waals surface area (Å²) in [6.45, 7) is 6.41. The highest BCUT2D eigenvalue weighted by Crippen LogP contribution is 2.45. The van der Waals surface area contributed by atoms with Crippen molar-refractivity contribution in [1.29, 1.82) is 0 Å². The first-order chi connectivity index (χ1) is 15.9. The Morgan fingerprint density at radius 3 is 2.61 bits per heavy atom. The predicted octanol–water partition coefficient (Wildman–Crippen LogP) is 4.83. The van der Waals surface area contributed by atoms with E-state index in [0.29, 0.717) is 23.8 Å². The number of imidazole rings is 1. The van der Waals surface area contributed by atoms with Gasteiger partial charge in [-0.05, 0) is 76.3 Å². The maximum Gasteiger partial charge on any atom is 0.159 e. The molecule has 1 aliphatic carbocycles. The van der Waals surface area contributed by atoms with Gasteiger partial charge in [-0.2, -0.15) is 0 Å². The second-order valence-electron chi connectivity index (χ2n) is 9.45. The van der Waals surface area contributed by atoms with Gasteiger partial charge >= 0.3 is 0 Å². The lowest BCUT2D eigenvalue weighted by Crippen LogP contribution is -2.41. The Kier molecular flexibility index (Phi) is 4.67. The molecule has 3 aromatic heterocycles. The van der Waals surface area contributed by atoms with Gasteiger partial charge in [0, 0.05) is 29.3 Å². The zero-order chi connectivity index (χ0) is 22.7. The molecule has 6 rings (SSSR count). The maximum atomic E-state index is 12.5. The summed E-state index contributed by atoms with van der Waals surface area (Å²) < 4.78 is 11.6. The van der Waals surface area contributed by atoms with Crippen LogP contribution >= 0.6 is 0 Å². The molecular formula is C26H28N4O3. The van der Waals surface area contributed by atoms with Crippen LogP contribution in [0.4, 0.5) is 0 Å². The number of nitrogens with zero attached hydrogens (tertiary/aromatic N) is 3. The van der Waals surface area contributed by atoms with Crippen LogP contribution in [0.2, 0.25) is 0 Å². The Bertz CT molecular complexity index is 1330. The van der Waals surface area contributed by atoms with Crippen LogP contribution < -0.4 is 0 Å². The number of aliphatic hydroxyl groups is 1. The number of pyridine rings is 1. The minimum atomic E-state index is -1.44. The minimum Gasteiger partial charge on any atom is -0.376 e. The van der Waals surface area contributed by atoms with Gasteiger partial charge in [0.2, 0.25) is 0 Å². The van der Waals surface area contributed by atoms with E-state index in [2.05, 4.69) is 16.2 Å². The number of hydrogen-bond donors (Lipinski definition) is 2. The molecule has 7 heteroatoms. The largest absolute Gasteiger partial charge is 0.376 e. The van der Waals surface area contributed by atoms with Crippen LogP contribution in [0.15, 0.2) is 34.9 Å². The zero-order valence-electron chi connectivity index (χ0n) is 19.2. The summed E-state index contributed by atoms with van der Waals surface area (Å²) in [5, 5.41) is 16.7. The van der Waals surface area contributed by atoms with Crippen LogP contribution in [0.3, 0.4) is 0 Å². The van der Waals surface area contributed by atoms with E-state index in [9.17, 15) is 5.11 Å². The highest BCUT2D eigenvalue weighted by atomic mass is 16.5. The Morgan fingerprint density at radius 1 is 1.09 bits per heavy atom. The van der Waals surface area contributed by atoms with E-state index in [1.54, 1.807) is 0 Å². The molecule has 1 saturated carbocycles. The number of nitrogens with one attached hydrogen (secondary N) is 1. The number of benzene rings is 1. The van der Waals surface area contributed by atoms with Gasteiger partial charge in [-0.1, -0.05) is 11.2 Å². The van der Waals surface area contributed by atoms with Gasteiger partial charge < -0.3 is 19.4 Å². The fourth-order valence-electron chi connectivity index (χ4n) is 5.16. The van der Waals surface area contributed by atoms with Gasteiger partial charge in [0.15, 0.2) is 5.60 Å². The van der Waals surface area contributed by atoms with Crippen molar-refractivity contribution >= 4 is 11.0 Å². The van der Waals surface area contributed by atoms with Crippen molar-refractivity contribution in [3.63, 3.8) is 0 Å². The zero-order valence-corrected chi connectivity index (χ0v) is 19.2. The topological polar surface area (TPSA) is 97.1 Å². The highest BCUT2D eigenvalue weighted by Gasteiger charge is 2.46. The van der Waals surface area contributed by atoms with Gasteiger partial charge in [-0.25, -0.2) is 4.98 Å². The average Bonchev–Trinajstić information content (AvgIpc) is 3.18. The van der Waals surface area contributed by atoms with Crippen molar-refractivity contribution in [2.24, 2.45) is 0 Å². The molecule has 33 heavy (non-hydrogen) atoms. The van der Waals surface area contributed by atoms with Crippen molar-refractivity contribution in [1.82, 2.24) is 20.1 Å². The third-order valence-corrected chi connectivity index (χ3v) is 6.98. The first kappa shape index (κ1) is 20.6. The molecule has 7 nitrogen and oxygen atoms in total. The third kappa shape index (κ3) is 3.30. The van der Waals surface area contributed by atoms with Gasteiger partial charge in [0.25, 0.3) is 0 Å². The fourth-order valence-corrected chi connectivity index (χ4v) is 5.16. The summed E-state index contributed by atoms with van der Waals surface area (Å²) in [6.07, 6.45) is 3.53. The van der Waals surface area contributed by atoms with E-state index in [1.165, 1.54) is 0 Å². The van der Waals surface area contributed by atoms with Gasteiger partial charge in [-0.3, -0.25) is 4.98 Å². The average molecular weight is 445 g/mol. The summed E-state index contributed by atoms with van der Waals surface area (Å²) in [7, 11) is 0. The smallest absolute Gasteiger partial charge is 0.159 e. The number of aryl methyl sites for hydroxylation is 3. The van der Waals surface area contributed by atoms with Crippen LogP contribution in [0.5, 0.6) is 0 Å². The Hall–Kier alpha value is -3.03. The molecule has 1 saturated heterocycles. The number of hydrogen-bond acceptors (Lipinski definition) is 6. The summed E-state index contributed by atoms with van der Waals surface area (Å²) in [5.41, 5.74) is 5.06. The quantitative estimate of drug-likeness (QED) is 0.458. The Labute approximate surface area is 192 Å². The van der Waals surface area contributed by atoms with Gasteiger partial charge in [-0.15, -0.1) is 0 Å². The Balaban J connectivity index is 1.66. The van der Waals surface area contributed by atoms with Crippen LogP contribution in [0.25, 0.3) is 22.2 Å². The van der Waals surface area contributed by atoms with E-state index in [4.69, 9.17) is 19.2 Å². The molecule has 4 heterocycles. The molecular weight excluding hydrogens is 416 g/mol. The molecule has 0 bridgehead atoms. The molecule has 0 radical (unpaired) electrons. The van der Waals surface area contributed by atoms with Crippen LogP contribution in [0, 0.1) is 20.8 Å². The van der Waals surface area contributed by atoms with E-state index >= 15 is 0 Å². The fraction of sp³-hybridized carbons (Fsp3) is 0.423. The van der Waals surface area contributed by atoms with Crippen molar-refractivity contribution < 1.29 is 14.4 Å². The standard InChI is InChI=1S/C26H28N4O3/c1-14-6-4-7-21(27-14)26(31,22-8-5-11-32-22)19-12-18(23-15(2)30-33-16(23)3)13-20-24(19)29-25(28-20)17-9-10-17/h4,6-7,12-13,17,22,31H,5,8-11H2,1-3H3,(H,28,29)/t22-,26+/m0/s1. The van der Waals surface area contributed by atoms with E-state index < -0.39 is 11.7 Å². The van der Waals surface area contributed by atoms with Crippen molar-refractivity contribution in [3.8, 4) is 11.1 Å². The third-order valence-electron chi connectivity index (χ3n) is 6.98. The Morgan fingerprint density at radius 2 is 1.94 bits per heavy atom. The molecule has 0 spiro atoms. The minimum absolute atomic E-state index is 0.406. The molecule has 2 N–H and O–H groups in total. The molecule has 1 aromatic carbocycles. The van der Waals surface area contributed by atoms with Crippen LogP contribution in [-0.4, -0.2) is 37.9 Å². The summed E-state index contributed by atoms with van der Waals surface area (Å²) >= 11 is 0. The number of aromatic amines is 1. The molecule has 0 amide bonds. The number of ether oxygens (including phenoxy) is 1. The normalized spacial score (nSPS) is 20.4. The van der Waals surface area contributed by atoms with E-state index in [-0.39, 0.29) is 0 Å². The maximum absolute atomic E-state index is 12.5. The van der Waals surface area contributed by atoms with E-state index in [1.807, 2.05) is 45.0 Å². The molecule has 1 aliphatic heterocycles. The summed E-state index contributed by atoms with van der Waals surface area (Å²) in [5.74, 6) is 2.18. The lowest BCUT2D eigenvalue weighted by molar-refractivity contribution is -0.0637. The molecule has 170 valence electrons. The first-order valence-electron chi connectivity index (χ1n) is 11.7. The van der Waals surface area contributed by atoms with Crippen molar-refractivity contribution in [3.05, 3.63) is 64.6 Å². The van der Waals surface area contributed by atoms with Gasteiger partial charge in [0.1, 0.15) is 11.6 Å². The summed E-state index contributed by atoms with van der Waals surface area (Å²) in [4.78, 5) is 13.3. The van der Waals surface area contributed by atoms with Gasteiger partial charge in [0.05, 0.1) is 28.5 Å². The number of H-pyrrole nitrogens is 1. The monoisotopic (exact) mass is 444 g/mol. The van der Waals surface area contributed by atoms with Crippen LogP contribution in [0.1, 0.15) is 65.8 Å². The molecule has 2 aliphatic rings. The predicted molar refractivity (Wildman–Crippen MR) is 124 cm³/mol. The summed E-state index contributed by atoms with van der Waals surface area (Å²) in [6, 6.07) is 9.88. The lowest BCUT2D eigenvalue weighted by Gasteiger charge is -2.34. The first-order valence-corrected chi connectivity index (χ1v) is 11.7. The molecule has 4 aromatic rings.